The highest BCUT2D eigenvalue weighted by Crippen LogP contribution is 2.09. The highest BCUT2D eigenvalue weighted by molar-refractivity contribution is 5.72. The summed E-state index contributed by atoms with van der Waals surface area (Å²) in [6.45, 7) is 3.20. The maximum Gasteiger partial charge on any atom is 0.322 e. The number of methoxy groups -OCH3 is 1. The lowest BCUT2D eigenvalue weighted by Gasteiger charge is -2.22. The maximum atomic E-state index is 10.7. The summed E-state index contributed by atoms with van der Waals surface area (Å²) >= 11 is 0. The van der Waals surface area contributed by atoms with Gasteiger partial charge < -0.3 is 9.47 Å². The minimum atomic E-state index is -0.937. The average molecular weight is 157 g/mol. The fraction of sp³-hybridized carbons (Fsp3) is 0.714. The van der Waals surface area contributed by atoms with Crippen molar-refractivity contribution in [3.8, 4) is 6.07 Å². The van der Waals surface area contributed by atoms with Gasteiger partial charge in [0.2, 0.25) is 5.79 Å². The molecule has 11 heavy (non-hydrogen) atoms. The van der Waals surface area contributed by atoms with E-state index in [4.69, 9.17) is 14.7 Å². The van der Waals surface area contributed by atoms with Crippen LogP contribution in [-0.4, -0.2) is 18.9 Å². The molecule has 0 aliphatic carbocycles. The first-order valence-corrected chi connectivity index (χ1v) is 3.16. The Balaban J connectivity index is 3.86. The van der Waals surface area contributed by atoms with Gasteiger partial charge in [-0.1, -0.05) is 0 Å². The zero-order valence-electron chi connectivity index (χ0n) is 6.88. The Bertz CT molecular complexity index is 181. The Hall–Kier alpha value is -1.08. The fourth-order valence-corrected chi connectivity index (χ4v) is 0.416. The number of nitrogens with zero attached hydrogens (tertiary/aromatic N) is 1. The summed E-state index contributed by atoms with van der Waals surface area (Å²) in [5.41, 5.74) is 0. The molecule has 0 heterocycles. The summed E-state index contributed by atoms with van der Waals surface area (Å²) < 4.78 is 9.55. The van der Waals surface area contributed by atoms with Crippen LogP contribution >= 0.6 is 0 Å². The van der Waals surface area contributed by atoms with Crippen LogP contribution in [0, 0.1) is 11.3 Å². The molecule has 4 heteroatoms. The van der Waals surface area contributed by atoms with E-state index in [-0.39, 0.29) is 6.42 Å². The molecule has 0 bridgehead atoms. The quantitative estimate of drug-likeness (QED) is 0.449. The van der Waals surface area contributed by atoms with Gasteiger partial charge in [0.25, 0.3) is 0 Å². The molecule has 0 aromatic heterocycles. The lowest BCUT2D eigenvalue weighted by molar-refractivity contribution is -0.204. The molecule has 0 saturated heterocycles. The van der Waals surface area contributed by atoms with Crippen LogP contribution in [-0.2, 0) is 14.3 Å². The molecule has 0 unspecified atom stereocenters. The lowest BCUT2D eigenvalue weighted by Crippen LogP contribution is -2.29. The van der Waals surface area contributed by atoms with Crippen molar-refractivity contribution in [2.45, 2.75) is 26.1 Å². The fourth-order valence-electron chi connectivity index (χ4n) is 0.416. The van der Waals surface area contributed by atoms with Crippen molar-refractivity contribution in [3.63, 3.8) is 0 Å². The van der Waals surface area contributed by atoms with Crippen molar-refractivity contribution in [1.29, 1.82) is 5.26 Å². The van der Waals surface area contributed by atoms with Gasteiger partial charge in [-0.2, -0.15) is 5.26 Å². The molecule has 0 amide bonds. The van der Waals surface area contributed by atoms with Crippen molar-refractivity contribution in [3.05, 3.63) is 0 Å². The second-order valence-corrected chi connectivity index (χ2v) is 2.41. The van der Waals surface area contributed by atoms with Gasteiger partial charge in [0.1, 0.15) is 6.42 Å². The molecule has 0 spiro atoms. The van der Waals surface area contributed by atoms with Crippen LogP contribution in [0.5, 0.6) is 0 Å². The van der Waals surface area contributed by atoms with Gasteiger partial charge >= 0.3 is 5.97 Å². The third-order valence-corrected chi connectivity index (χ3v) is 1.07. The molecular weight excluding hydrogens is 146 g/mol. The summed E-state index contributed by atoms with van der Waals surface area (Å²) in [6.07, 6.45) is -0.243. The minimum Gasteiger partial charge on any atom is -0.433 e. The topological polar surface area (TPSA) is 59.3 Å². The van der Waals surface area contributed by atoms with Crippen LogP contribution in [0.15, 0.2) is 0 Å². The van der Waals surface area contributed by atoms with Crippen LogP contribution in [0.2, 0.25) is 0 Å². The molecule has 62 valence electrons. The molecule has 0 radical (unpaired) electrons. The van der Waals surface area contributed by atoms with E-state index >= 15 is 0 Å². The SMILES string of the molecule is COC(C)(C)OC(=O)CC#N. The second-order valence-electron chi connectivity index (χ2n) is 2.41. The van der Waals surface area contributed by atoms with Gasteiger partial charge in [-0.15, -0.1) is 0 Å². The summed E-state index contributed by atoms with van der Waals surface area (Å²) in [5.74, 6) is -1.51. The molecule has 0 aromatic rings. The van der Waals surface area contributed by atoms with E-state index in [1.807, 2.05) is 0 Å². The van der Waals surface area contributed by atoms with Gasteiger partial charge in [-0.05, 0) is 0 Å². The van der Waals surface area contributed by atoms with Crippen LogP contribution in [0.4, 0.5) is 0 Å². The first-order valence-electron chi connectivity index (χ1n) is 3.16. The second kappa shape index (κ2) is 3.94. The molecule has 0 saturated carbocycles. The van der Waals surface area contributed by atoms with Gasteiger partial charge in [0, 0.05) is 21.0 Å². The Morgan fingerprint density at radius 2 is 2.18 bits per heavy atom. The molecule has 0 atom stereocenters. The normalized spacial score (nSPS) is 10.4. The number of hydrogen-bond donors (Lipinski definition) is 0. The van der Waals surface area contributed by atoms with Crippen molar-refractivity contribution in [2.75, 3.05) is 7.11 Å². The van der Waals surface area contributed by atoms with Gasteiger partial charge in [-0.25, -0.2) is 0 Å². The maximum absolute atomic E-state index is 10.7. The monoisotopic (exact) mass is 157 g/mol. The van der Waals surface area contributed by atoms with Crippen LogP contribution in [0.25, 0.3) is 0 Å². The van der Waals surface area contributed by atoms with E-state index in [1.54, 1.807) is 19.9 Å². The predicted octanol–water partition coefficient (Wildman–Crippen LogP) is 0.826. The largest absolute Gasteiger partial charge is 0.433 e. The molecule has 0 aliphatic heterocycles. The Labute approximate surface area is 65.7 Å². The first kappa shape index (κ1) is 9.92. The van der Waals surface area contributed by atoms with Gasteiger partial charge in [0.15, 0.2) is 0 Å². The predicted molar refractivity (Wildman–Crippen MR) is 37.4 cm³/mol. The van der Waals surface area contributed by atoms with Crippen molar-refractivity contribution >= 4 is 5.97 Å². The standard InChI is InChI=1S/C7H11NO3/c1-7(2,10-3)11-6(9)4-5-8/h4H2,1-3H3. The van der Waals surface area contributed by atoms with Gasteiger partial charge in [-0.3, -0.25) is 4.79 Å². The molecule has 4 nitrogen and oxygen atoms in total. The third-order valence-electron chi connectivity index (χ3n) is 1.07. The Morgan fingerprint density at radius 1 is 1.64 bits per heavy atom. The lowest BCUT2D eigenvalue weighted by atomic mass is 10.4. The van der Waals surface area contributed by atoms with E-state index < -0.39 is 11.8 Å². The minimum absolute atomic E-state index is 0.243. The summed E-state index contributed by atoms with van der Waals surface area (Å²) in [5, 5.41) is 8.11. The van der Waals surface area contributed by atoms with Crippen LogP contribution in [0.3, 0.4) is 0 Å². The smallest absolute Gasteiger partial charge is 0.322 e. The molecule has 0 fully saturated rings. The zero-order valence-corrected chi connectivity index (χ0v) is 6.88. The number of carbonyl (C=O) groups excluding carboxylic acids is 1. The van der Waals surface area contributed by atoms with E-state index in [0.29, 0.717) is 0 Å². The van der Waals surface area contributed by atoms with Crippen LogP contribution in [0.1, 0.15) is 20.3 Å². The summed E-state index contributed by atoms with van der Waals surface area (Å²) in [6, 6.07) is 1.68. The number of rotatable bonds is 3. The summed E-state index contributed by atoms with van der Waals surface area (Å²) in [7, 11) is 1.43. The van der Waals surface area contributed by atoms with Crippen molar-refractivity contribution < 1.29 is 14.3 Å². The molecule has 0 aromatic carbocycles. The molecular formula is C7H11NO3. The van der Waals surface area contributed by atoms with Crippen LogP contribution < -0.4 is 0 Å². The molecule has 0 aliphatic rings. The number of hydrogen-bond acceptors (Lipinski definition) is 4. The highest BCUT2D eigenvalue weighted by atomic mass is 16.7. The average Bonchev–Trinajstić information content (AvgIpc) is 1.87. The molecule has 0 rings (SSSR count). The highest BCUT2D eigenvalue weighted by Gasteiger charge is 2.20. The number of carbonyl (C=O) groups is 1. The zero-order chi connectivity index (χ0) is 8.91. The molecule has 0 N–H and O–H groups in total. The number of esters is 1. The van der Waals surface area contributed by atoms with E-state index in [0.717, 1.165) is 0 Å². The first-order chi connectivity index (χ1) is 5.02. The third kappa shape index (κ3) is 4.34. The number of ether oxygens (including phenoxy) is 2. The van der Waals surface area contributed by atoms with Crippen molar-refractivity contribution in [2.24, 2.45) is 0 Å². The summed E-state index contributed by atoms with van der Waals surface area (Å²) in [4.78, 5) is 10.7. The van der Waals surface area contributed by atoms with E-state index in [9.17, 15) is 4.79 Å². The van der Waals surface area contributed by atoms with Crippen molar-refractivity contribution in [1.82, 2.24) is 0 Å². The number of nitriles is 1. The Kier molecular flexibility index (Phi) is 3.55. The van der Waals surface area contributed by atoms with E-state index in [1.165, 1.54) is 7.11 Å². The Morgan fingerprint density at radius 3 is 2.55 bits per heavy atom. The van der Waals surface area contributed by atoms with Gasteiger partial charge in [0.05, 0.1) is 6.07 Å². The van der Waals surface area contributed by atoms with E-state index in [2.05, 4.69) is 0 Å².